The van der Waals surface area contributed by atoms with Crippen molar-refractivity contribution in [3.05, 3.63) is 106 Å². The highest BCUT2D eigenvalue weighted by Gasteiger charge is 2.31. The maximum atomic E-state index is 14.0. The van der Waals surface area contributed by atoms with Crippen LogP contribution >= 0.6 is 23.2 Å². The summed E-state index contributed by atoms with van der Waals surface area (Å²) in [5.74, 6) is -0.0907. The number of hydrogen-bond acceptors (Lipinski definition) is 2. The molecule has 0 fully saturated rings. The fraction of sp³-hybridized carbons (Fsp3) is 0.333. The third-order valence-corrected chi connectivity index (χ3v) is 6.80. The molecule has 190 valence electrons. The number of benzene rings is 3. The van der Waals surface area contributed by atoms with Gasteiger partial charge >= 0.3 is 0 Å². The van der Waals surface area contributed by atoms with E-state index in [1.54, 1.807) is 17.0 Å². The van der Waals surface area contributed by atoms with Crippen molar-refractivity contribution in [1.29, 1.82) is 0 Å². The Bertz CT molecular complexity index is 1100. The molecule has 0 unspecified atom stereocenters. The molecule has 0 spiro atoms. The van der Waals surface area contributed by atoms with Crippen molar-refractivity contribution in [3.8, 4) is 0 Å². The second kappa shape index (κ2) is 13.5. The predicted octanol–water partition coefficient (Wildman–Crippen LogP) is 7.10. The van der Waals surface area contributed by atoms with E-state index >= 15 is 0 Å². The summed E-state index contributed by atoms with van der Waals surface area (Å²) >= 11 is 12.6. The molecule has 4 nitrogen and oxygen atoms in total. The van der Waals surface area contributed by atoms with Crippen LogP contribution in [0.2, 0.25) is 10.0 Å². The van der Waals surface area contributed by atoms with Gasteiger partial charge in [0.1, 0.15) is 6.04 Å². The van der Waals surface area contributed by atoms with Crippen LogP contribution in [0.25, 0.3) is 0 Å². The maximum absolute atomic E-state index is 14.0. The number of halogens is 2. The number of carbonyl (C=O) groups excluding carboxylic acids is 2. The summed E-state index contributed by atoms with van der Waals surface area (Å²) in [6.07, 6.45) is 0.718. The van der Waals surface area contributed by atoms with Gasteiger partial charge in [0.2, 0.25) is 11.8 Å². The minimum atomic E-state index is -0.616. The Kier molecular flexibility index (Phi) is 10.4. The summed E-state index contributed by atoms with van der Waals surface area (Å²) in [5, 5.41) is 4.00. The zero-order chi connectivity index (χ0) is 26.1. The van der Waals surface area contributed by atoms with Gasteiger partial charge in [-0.2, -0.15) is 0 Å². The molecule has 0 saturated carbocycles. The van der Waals surface area contributed by atoms with E-state index in [-0.39, 0.29) is 30.7 Å². The molecule has 1 N–H and O–H groups in total. The Morgan fingerprint density at radius 1 is 0.889 bits per heavy atom. The third kappa shape index (κ3) is 7.59. The van der Waals surface area contributed by atoms with Crippen LogP contribution in [-0.4, -0.2) is 29.3 Å². The molecule has 3 rings (SSSR count). The first-order valence-corrected chi connectivity index (χ1v) is 13.2. The first kappa shape index (κ1) is 27.8. The number of amides is 2. The fourth-order valence-electron chi connectivity index (χ4n) is 4.27. The molecule has 0 aliphatic carbocycles. The van der Waals surface area contributed by atoms with Crippen molar-refractivity contribution in [2.75, 3.05) is 6.54 Å². The molecule has 1 atom stereocenters. The van der Waals surface area contributed by atoms with Gasteiger partial charge in [-0.1, -0.05) is 111 Å². The number of hydrogen-bond donors (Lipinski definition) is 1. The molecule has 3 aromatic carbocycles. The molecular formula is C30H34Cl2N2O2. The summed E-state index contributed by atoms with van der Waals surface area (Å²) < 4.78 is 0. The van der Waals surface area contributed by atoms with Crippen molar-refractivity contribution in [1.82, 2.24) is 10.2 Å². The van der Waals surface area contributed by atoms with Crippen molar-refractivity contribution >= 4 is 35.0 Å². The minimum absolute atomic E-state index is 0.106. The average molecular weight is 526 g/mol. The SMILES string of the molecule is CC[C@H](C(=O)NCC(C)C)N(Cc1ccc(Cl)cc1Cl)C(=O)CC(c1ccccc1)c1ccccc1. The summed E-state index contributed by atoms with van der Waals surface area (Å²) in [5.41, 5.74) is 2.86. The van der Waals surface area contributed by atoms with Gasteiger partial charge in [0.25, 0.3) is 0 Å². The van der Waals surface area contributed by atoms with E-state index in [1.807, 2.05) is 87.5 Å². The summed E-state index contributed by atoms with van der Waals surface area (Å²) in [6, 6.07) is 24.6. The quantitative estimate of drug-likeness (QED) is 0.291. The van der Waals surface area contributed by atoms with Crippen LogP contribution < -0.4 is 5.32 Å². The second-order valence-electron chi connectivity index (χ2n) is 9.40. The van der Waals surface area contributed by atoms with E-state index in [4.69, 9.17) is 23.2 Å². The molecule has 0 aromatic heterocycles. The first-order chi connectivity index (χ1) is 17.3. The summed E-state index contributed by atoms with van der Waals surface area (Å²) in [4.78, 5) is 28.9. The molecule has 6 heteroatoms. The van der Waals surface area contributed by atoms with Gasteiger partial charge in [0.05, 0.1) is 0 Å². The van der Waals surface area contributed by atoms with Gasteiger partial charge in [-0.15, -0.1) is 0 Å². The van der Waals surface area contributed by atoms with Crippen LogP contribution in [0.3, 0.4) is 0 Å². The Hall–Kier alpha value is -2.82. The third-order valence-electron chi connectivity index (χ3n) is 6.21. The summed E-state index contributed by atoms with van der Waals surface area (Å²) in [6.45, 7) is 6.79. The van der Waals surface area contributed by atoms with Crippen molar-refractivity contribution in [2.24, 2.45) is 5.92 Å². The van der Waals surface area contributed by atoms with Gasteiger partial charge in [0, 0.05) is 35.5 Å². The molecule has 0 aliphatic rings. The average Bonchev–Trinajstić information content (AvgIpc) is 2.88. The lowest BCUT2D eigenvalue weighted by atomic mass is 9.88. The molecule has 0 saturated heterocycles. The highest BCUT2D eigenvalue weighted by Crippen LogP contribution is 2.30. The van der Waals surface area contributed by atoms with Gasteiger partial charge in [0.15, 0.2) is 0 Å². The van der Waals surface area contributed by atoms with Gasteiger partial charge in [-0.05, 0) is 41.2 Å². The van der Waals surface area contributed by atoms with Crippen LogP contribution in [0.5, 0.6) is 0 Å². The van der Waals surface area contributed by atoms with Crippen LogP contribution in [0.1, 0.15) is 56.2 Å². The second-order valence-corrected chi connectivity index (χ2v) is 10.2. The molecule has 2 amide bonds. The Morgan fingerprint density at radius 3 is 1.97 bits per heavy atom. The Morgan fingerprint density at radius 2 is 1.47 bits per heavy atom. The molecule has 0 radical (unpaired) electrons. The van der Waals surface area contributed by atoms with E-state index in [2.05, 4.69) is 5.32 Å². The molecule has 0 heterocycles. The smallest absolute Gasteiger partial charge is 0.242 e. The van der Waals surface area contributed by atoms with Gasteiger partial charge in [-0.25, -0.2) is 0 Å². The van der Waals surface area contributed by atoms with Crippen molar-refractivity contribution in [2.45, 2.75) is 52.1 Å². The summed E-state index contributed by atoms with van der Waals surface area (Å²) in [7, 11) is 0. The lowest BCUT2D eigenvalue weighted by Crippen LogP contribution is -2.49. The van der Waals surface area contributed by atoms with Crippen LogP contribution in [0.15, 0.2) is 78.9 Å². The lowest BCUT2D eigenvalue weighted by molar-refractivity contribution is -0.141. The zero-order valence-electron chi connectivity index (χ0n) is 21.1. The number of nitrogens with one attached hydrogen (secondary N) is 1. The number of rotatable bonds is 11. The van der Waals surface area contributed by atoms with Crippen LogP contribution in [0, 0.1) is 5.92 Å². The Labute approximate surface area is 224 Å². The van der Waals surface area contributed by atoms with Gasteiger partial charge < -0.3 is 10.2 Å². The zero-order valence-corrected chi connectivity index (χ0v) is 22.6. The highest BCUT2D eigenvalue weighted by molar-refractivity contribution is 6.35. The van der Waals surface area contributed by atoms with E-state index in [1.165, 1.54) is 0 Å². The first-order valence-electron chi connectivity index (χ1n) is 12.4. The molecular weight excluding hydrogens is 491 g/mol. The van der Waals surface area contributed by atoms with E-state index in [9.17, 15) is 9.59 Å². The Balaban J connectivity index is 1.96. The van der Waals surface area contributed by atoms with Crippen molar-refractivity contribution < 1.29 is 9.59 Å². The molecule has 0 bridgehead atoms. The van der Waals surface area contributed by atoms with Crippen LogP contribution in [-0.2, 0) is 16.1 Å². The van der Waals surface area contributed by atoms with E-state index in [0.29, 0.717) is 28.9 Å². The number of nitrogens with zero attached hydrogens (tertiary/aromatic N) is 1. The molecule has 0 aliphatic heterocycles. The lowest BCUT2D eigenvalue weighted by Gasteiger charge is -2.32. The molecule has 3 aromatic rings. The largest absolute Gasteiger partial charge is 0.354 e. The highest BCUT2D eigenvalue weighted by atomic mass is 35.5. The van der Waals surface area contributed by atoms with Crippen LogP contribution in [0.4, 0.5) is 0 Å². The van der Waals surface area contributed by atoms with Gasteiger partial charge in [-0.3, -0.25) is 9.59 Å². The standard InChI is InChI=1S/C30H34Cl2N2O2/c1-4-28(30(36)33-19-21(2)3)34(20-24-15-16-25(31)17-27(24)32)29(35)18-26(22-11-7-5-8-12-22)23-13-9-6-10-14-23/h5-17,21,26,28H,4,18-20H2,1-3H3,(H,33,36)/t28-/m1/s1. The van der Waals surface area contributed by atoms with Crippen molar-refractivity contribution in [3.63, 3.8) is 0 Å². The minimum Gasteiger partial charge on any atom is -0.354 e. The monoisotopic (exact) mass is 524 g/mol. The molecule has 36 heavy (non-hydrogen) atoms. The number of carbonyl (C=O) groups is 2. The predicted molar refractivity (Wildman–Crippen MR) is 148 cm³/mol. The topological polar surface area (TPSA) is 49.4 Å². The van der Waals surface area contributed by atoms with E-state index in [0.717, 1.165) is 16.7 Å². The maximum Gasteiger partial charge on any atom is 0.242 e. The van der Waals surface area contributed by atoms with E-state index < -0.39 is 6.04 Å². The fourth-order valence-corrected chi connectivity index (χ4v) is 4.73. The normalized spacial score (nSPS) is 12.0.